The molecule has 0 aliphatic rings. The number of nitrogens with one attached hydrogen (secondary N) is 1. The van der Waals surface area contributed by atoms with E-state index in [4.69, 9.17) is 0 Å². The Bertz CT molecular complexity index is 658. The van der Waals surface area contributed by atoms with E-state index in [2.05, 4.69) is 25.5 Å². The predicted molar refractivity (Wildman–Crippen MR) is 61.2 cm³/mol. The van der Waals surface area contributed by atoms with Crippen molar-refractivity contribution in [2.24, 2.45) is 0 Å². The maximum Gasteiger partial charge on any atom is 0.249 e. The van der Waals surface area contributed by atoms with Gasteiger partial charge in [-0.15, -0.1) is 5.10 Å². The maximum absolute atomic E-state index is 12.1. The Hall–Kier alpha value is -2.83. The van der Waals surface area contributed by atoms with Crippen LogP contribution in [0.1, 0.15) is 16.3 Å². The van der Waals surface area contributed by atoms with Crippen molar-refractivity contribution in [1.82, 2.24) is 30.2 Å². The monoisotopic (exact) mass is 240 g/mol. The third-order valence-electron chi connectivity index (χ3n) is 2.41. The average molecular weight is 240 g/mol. The molecule has 0 amide bonds. The zero-order chi connectivity index (χ0) is 12.4. The first-order valence-corrected chi connectivity index (χ1v) is 5.22. The second-order valence-corrected chi connectivity index (χ2v) is 3.53. The van der Waals surface area contributed by atoms with Gasteiger partial charge in [-0.25, -0.2) is 9.67 Å². The van der Waals surface area contributed by atoms with E-state index < -0.39 is 0 Å². The van der Waals surface area contributed by atoms with E-state index in [-0.39, 0.29) is 11.6 Å². The number of nitrogens with zero attached hydrogens (tertiary/aromatic N) is 5. The second-order valence-electron chi connectivity index (χ2n) is 3.53. The highest BCUT2D eigenvalue weighted by atomic mass is 16.1. The van der Waals surface area contributed by atoms with Gasteiger partial charge < -0.3 is 0 Å². The van der Waals surface area contributed by atoms with Gasteiger partial charge in [0.1, 0.15) is 12.0 Å². The van der Waals surface area contributed by atoms with Gasteiger partial charge in [-0.2, -0.15) is 5.10 Å². The van der Waals surface area contributed by atoms with Crippen molar-refractivity contribution >= 4 is 5.78 Å². The fourth-order valence-electron chi connectivity index (χ4n) is 1.59. The first-order chi connectivity index (χ1) is 8.86. The van der Waals surface area contributed by atoms with E-state index in [1.807, 2.05) is 30.3 Å². The predicted octanol–water partition coefficient (Wildman–Crippen LogP) is 0.616. The number of benzene rings is 1. The van der Waals surface area contributed by atoms with E-state index in [9.17, 15) is 4.79 Å². The fraction of sp³-hybridized carbons (Fsp3) is 0. The lowest BCUT2D eigenvalue weighted by molar-refractivity contribution is 0.102. The van der Waals surface area contributed by atoms with Gasteiger partial charge in [0.15, 0.2) is 5.82 Å². The molecule has 0 radical (unpaired) electrons. The second kappa shape index (κ2) is 4.21. The smallest absolute Gasteiger partial charge is 0.249 e. The highest BCUT2D eigenvalue weighted by molar-refractivity contribution is 6.05. The summed E-state index contributed by atoms with van der Waals surface area (Å²) in [6.07, 6.45) is 2.68. The molecular weight excluding hydrogens is 232 g/mol. The van der Waals surface area contributed by atoms with Crippen molar-refractivity contribution in [2.45, 2.75) is 0 Å². The van der Waals surface area contributed by atoms with Crippen LogP contribution in [0.4, 0.5) is 0 Å². The number of rotatable bonds is 3. The number of carbonyl (C=O) groups is 1. The Morgan fingerprint density at radius 1 is 1.22 bits per heavy atom. The topological polar surface area (TPSA) is 89.3 Å². The Labute approximate surface area is 101 Å². The summed E-state index contributed by atoms with van der Waals surface area (Å²) in [6, 6.07) is 9.29. The summed E-state index contributed by atoms with van der Waals surface area (Å²) in [7, 11) is 0. The van der Waals surface area contributed by atoms with Crippen molar-refractivity contribution in [2.75, 3.05) is 0 Å². The molecule has 2 heterocycles. The summed E-state index contributed by atoms with van der Waals surface area (Å²) in [4.78, 5) is 15.9. The van der Waals surface area contributed by atoms with Crippen molar-refractivity contribution in [3.8, 4) is 5.69 Å². The zero-order valence-corrected chi connectivity index (χ0v) is 9.19. The van der Waals surface area contributed by atoms with E-state index in [1.54, 1.807) is 0 Å². The van der Waals surface area contributed by atoms with Crippen LogP contribution in [0, 0.1) is 0 Å². The Morgan fingerprint density at radius 2 is 2.06 bits per heavy atom. The molecule has 1 N–H and O–H groups in total. The zero-order valence-electron chi connectivity index (χ0n) is 9.19. The molecule has 0 aliphatic carbocycles. The van der Waals surface area contributed by atoms with Crippen molar-refractivity contribution in [1.29, 1.82) is 0 Å². The van der Waals surface area contributed by atoms with Gasteiger partial charge in [0, 0.05) is 0 Å². The lowest BCUT2D eigenvalue weighted by atomic mass is 10.2. The number of aromatic nitrogens is 6. The van der Waals surface area contributed by atoms with Gasteiger partial charge in [0.05, 0.1) is 11.9 Å². The van der Waals surface area contributed by atoms with Crippen LogP contribution in [0.25, 0.3) is 5.69 Å². The van der Waals surface area contributed by atoms with Crippen LogP contribution in [-0.2, 0) is 0 Å². The van der Waals surface area contributed by atoms with Crippen LogP contribution in [0.3, 0.4) is 0 Å². The van der Waals surface area contributed by atoms with E-state index in [0.717, 1.165) is 5.69 Å². The fourth-order valence-corrected chi connectivity index (χ4v) is 1.59. The van der Waals surface area contributed by atoms with Crippen molar-refractivity contribution < 1.29 is 4.79 Å². The van der Waals surface area contributed by atoms with E-state index >= 15 is 0 Å². The number of hydrogen-bond acceptors (Lipinski definition) is 5. The van der Waals surface area contributed by atoms with Crippen molar-refractivity contribution in [3.05, 3.63) is 54.4 Å². The molecule has 0 saturated heterocycles. The molecule has 7 nitrogen and oxygen atoms in total. The summed E-state index contributed by atoms with van der Waals surface area (Å²) < 4.78 is 1.46. The van der Waals surface area contributed by atoms with Gasteiger partial charge in [-0.3, -0.25) is 9.89 Å². The molecule has 88 valence electrons. The molecule has 0 aliphatic heterocycles. The lowest BCUT2D eigenvalue weighted by Crippen LogP contribution is -2.11. The van der Waals surface area contributed by atoms with Gasteiger partial charge in [0.25, 0.3) is 0 Å². The number of H-pyrrole nitrogens is 1. The highest BCUT2D eigenvalue weighted by Crippen LogP contribution is 2.10. The highest BCUT2D eigenvalue weighted by Gasteiger charge is 2.18. The Kier molecular flexibility index (Phi) is 2.41. The molecule has 0 fully saturated rings. The van der Waals surface area contributed by atoms with Crippen LogP contribution in [0.5, 0.6) is 0 Å². The molecule has 7 heteroatoms. The van der Waals surface area contributed by atoms with Gasteiger partial charge in [0.2, 0.25) is 5.78 Å². The largest absolute Gasteiger partial charge is 0.283 e. The molecule has 0 bridgehead atoms. The molecule has 0 spiro atoms. The molecule has 18 heavy (non-hydrogen) atoms. The van der Waals surface area contributed by atoms with Crippen LogP contribution >= 0.6 is 0 Å². The molecule has 0 atom stereocenters. The summed E-state index contributed by atoms with van der Waals surface area (Å²) in [5, 5.41) is 13.8. The minimum atomic E-state index is -0.304. The third kappa shape index (κ3) is 1.67. The quantitative estimate of drug-likeness (QED) is 0.678. The lowest BCUT2D eigenvalue weighted by Gasteiger charge is -2.03. The Morgan fingerprint density at radius 3 is 2.78 bits per heavy atom. The molecule has 1 aromatic carbocycles. The molecule has 0 saturated carbocycles. The maximum atomic E-state index is 12.1. The van der Waals surface area contributed by atoms with Crippen LogP contribution < -0.4 is 0 Å². The molecule has 3 aromatic rings. The van der Waals surface area contributed by atoms with E-state index in [0.29, 0.717) is 5.69 Å². The van der Waals surface area contributed by atoms with Crippen LogP contribution in [0.2, 0.25) is 0 Å². The molecule has 0 unspecified atom stereocenters. The number of ketones is 1. The standard InChI is InChI=1S/C11H8N6O/c18-10(11-12-7-14-15-11)9-6-13-16-17(9)8-4-2-1-3-5-8/h1-7H,(H,12,14,15). The van der Waals surface area contributed by atoms with Gasteiger partial charge in [-0.1, -0.05) is 23.4 Å². The molecular formula is C11H8N6O. The first-order valence-electron chi connectivity index (χ1n) is 5.22. The summed E-state index contributed by atoms with van der Waals surface area (Å²) in [6.45, 7) is 0. The SMILES string of the molecule is O=C(c1ncn[nH]1)c1cnnn1-c1ccccc1. The number of carbonyl (C=O) groups excluding carboxylic acids is 1. The molecule has 3 rings (SSSR count). The minimum Gasteiger partial charge on any atom is -0.283 e. The number of hydrogen-bond donors (Lipinski definition) is 1. The normalized spacial score (nSPS) is 10.4. The third-order valence-corrected chi connectivity index (χ3v) is 2.41. The number of aromatic amines is 1. The summed E-state index contributed by atoms with van der Waals surface area (Å²) in [5.74, 6) is -0.143. The first kappa shape index (κ1) is 10.3. The van der Waals surface area contributed by atoms with Crippen LogP contribution in [0.15, 0.2) is 42.9 Å². The Balaban J connectivity index is 2.05. The summed E-state index contributed by atoms with van der Waals surface area (Å²) >= 11 is 0. The summed E-state index contributed by atoms with van der Waals surface area (Å²) in [5.41, 5.74) is 1.09. The van der Waals surface area contributed by atoms with E-state index in [1.165, 1.54) is 17.2 Å². The molecule has 2 aromatic heterocycles. The number of para-hydroxylation sites is 1. The van der Waals surface area contributed by atoms with Gasteiger partial charge >= 0.3 is 0 Å². The van der Waals surface area contributed by atoms with Crippen molar-refractivity contribution in [3.63, 3.8) is 0 Å². The van der Waals surface area contributed by atoms with Gasteiger partial charge in [-0.05, 0) is 12.1 Å². The average Bonchev–Trinajstić information content (AvgIpc) is 3.10. The minimum absolute atomic E-state index is 0.162. The van der Waals surface area contributed by atoms with Crippen LogP contribution in [-0.4, -0.2) is 36.0 Å².